The SMILES string of the molecule is CC(CCc1ccccc1F)C(=O)NC1(C(=O)O)CC1. The number of rotatable bonds is 6. The number of halogens is 1. The summed E-state index contributed by atoms with van der Waals surface area (Å²) < 4.78 is 13.4. The number of carboxylic acids is 1. The van der Waals surface area contributed by atoms with Crippen molar-refractivity contribution >= 4 is 11.9 Å². The maximum atomic E-state index is 13.4. The number of aliphatic carboxylic acids is 1. The number of hydrogen-bond acceptors (Lipinski definition) is 2. The molecule has 0 saturated heterocycles. The zero-order valence-electron chi connectivity index (χ0n) is 11.4. The number of aryl methyl sites for hydroxylation is 1. The van der Waals surface area contributed by atoms with Gasteiger partial charge in [0.2, 0.25) is 5.91 Å². The van der Waals surface area contributed by atoms with Crippen molar-refractivity contribution in [1.29, 1.82) is 0 Å². The van der Waals surface area contributed by atoms with E-state index in [1.165, 1.54) is 6.07 Å². The summed E-state index contributed by atoms with van der Waals surface area (Å²) in [5.41, 5.74) is -0.477. The Hall–Kier alpha value is -1.91. The van der Waals surface area contributed by atoms with Crippen LogP contribution in [0.1, 0.15) is 31.7 Å². The van der Waals surface area contributed by atoms with Gasteiger partial charge in [-0.25, -0.2) is 9.18 Å². The summed E-state index contributed by atoms with van der Waals surface area (Å²) in [4.78, 5) is 22.9. The molecule has 1 fully saturated rings. The van der Waals surface area contributed by atoms with E-state index >= 15 is 0 Å². The van der Waals surface area contributed by atoms with Gasteiger partial charge in [0.25, 0.3) is 0 Å². The molecule has 1 aliphatic carbocycles. The second kappa shape index (κ2) is 5.61. The van der Waals surface area contributed by atoms with Gasteiger partial charge in [0.05, 0.1) is 0 Å². The van der Waals surface area contributed by atoms with Crippen LogP contribution < -0.4 is 5.32 Å². The highest BCUT2D eigenvalue weighted by Gasteiger charge is 2.51. The van der Waals surface area contributed by atoms with Crippen LogP contribution in [0.15, 0.2) is 24.3 Å². The number of carboxylic acid groups (broad SMARTS) is 1. The van der Waals surface area contributed by atoms with Crippen LogP contribution >= 0.6 is 0 Å². The third-order valence-corrected chi connectivity index (χ3v) is 3.77. The second-order valence-electron chi connectivity index (χ2n) is 5.41. The van der Waals surface area contributed by atoms with Crippen LogP contribution in [0.2, 0.25) is 0 Å². The van der Waals surface area contributed by atoms with Crippen LogP contribution in [-0.4, -0.2) is 22.5 Å². The average Bonchev–Trinajstić information content (AvgIpc) is 3.18. The van der Waals surface area contributed by atoms with Gasteiger partial charge in [-0.3, -0.25) is 4.79 Å². The van der Waals surface area contributed by atoms with Crippen molar-refractivity contribution in [3.05, 3.63) is 35.6 Å². The highest BCUT2D eigenvalue weighted by Crippen LogP contribution is 2.35. The molecule has 1 unspecified atom stereocenters. The lowest BCUT2D eigenvalue weighted by Gasteiger charge is -2.17. The first-order valence-corrected chi connectivity index (χ1v) is 6.73. The highest BCUT2D eigenvalue weighted by atomic mass is 19.1. The van der Waals surface area contributed by atoms with Crippen molar-refractivity contribution in [2.75, 3.05) is 0 Å². The molecule has 1 aliphatic rings. The molecule has 4 nitrogen and oxygen atoms in total. The maximum absolute atomic E-state index is 13.4. The van der Waals surface area contributed by atoms with Crippen molar-refractivity contribution in [1.82, 2.24) is 5.32 Å². The average molecular weight is 279 g/mol. The molecule has 1 amide bonds. The zero-order valence-corrected chi connectivity index (χ0v) is 11.4. The summed E-state index contributed by atoms with van der Waals surface area (Å²) in [6.45, 7) is 1.73. The Morgan fingerprint density at radius 2 is 2.05 bits per heavy atom. The van der Waals surface area contributed by atoms with Crippen molar-refractivity contribution in [2.45, 2.75) is 38.1 Å². The Labute approximate surface area is 117 Å². The summed E-state index contributed by atoms with van der Waals surface area (Å²) in [5, 5.41) is 11.6. The quantitative estimate of drug-likeness (QED) is 0.838. The number of benzene rings is 1. The van der Waals surface area contributed by atoms with Crippen molar-refractivity contribution in [3.63, 3.8) is 0 Å². The molecule has 20 heavy (non-hydrogen) atoms. The molecule has 5 heteroatoms. The topological polar surface area (TPSA) is 66.4 Å². The van der Waals surface area contributed by atoms with Gasteiger partial charge in [-0.05, 0) is 37.3 Å². The summed E-state index contributed by atoms with van der Waals surface area (Å²) in [6.07, 6.45) is 1.91. The predicted octanol–water partition coefficient (Wildman–Crippen LogP) is 2.13. The summed E-state index contributed by atoms with van der Waals surface area (Å²) >= 11 is 0. The highest BCUT2D eigenvalue weighted by molar-refractivity contribution is 5.90. The first kappa shape index (κ1) is 14.5. The van der Waals surface area contributed by atoms with Crippen LogP contribution in [-0.2, 0) is 16.0 Å². The number of amides is 1. The molecular formula is C15H18FNO3. The molecule has 0 aliphatic heterocycles. The zero-order chi connectivity index (χ0) is 14.8. The van der Waals surface area contributed by atoms with Gasteiger partial charge in [0.15, 0.2) is 0 Å². The Kier molecular flexibility index (Phi) is 4.06. The minimum absolute atomic E-state index is 0.274. The van der Waals surface area contributed by atoms with E-state index in [-0.39, 0.29) is 17.6 Å². The van der Waals surface area contributed by atoms with Crippen LogP contribution in [0, 0.1) is 11.7 Å². The van der Waals surface area contributed by atoms with Crippen LogP contribution in [0.5, 0.6) is 0 Å². The van der Waals surface area contributed by atoms with Crippen molar-refractivity contribution in [3.8, 4) is 0 Å². The lowest BCUT2D eigenvalue weighted by molar-refractivity contribution is -0.143. The maximum Gasteiger partial charge on any atom is 0.329 e. The van der Waals surface area contributed by atoms with E-state index in [9.17, 15) is 14.0 Å². The van der Waals surface area contributed by atoms with Crippen molar-refractivity contribution in [2.24, 2.45) is 5.92 Å². The lowest BCUT2D eigenvalue weighted by atomic mass is 9.99. The van der Waals surface area contributed by atoms with Crippen LogP contribution in [0.3, 0.4) is 0 Å². The van der Waals surface area contributed by atoms with E-state index < -0.39 is 11.5 Å². The standard InChI is InChI=1S/C15H18FNO3/c1-10(6-7-11-4-2-3-5-12(11)16)13(18)17-15(8-9-15)14(19)20/h2-5,10H,6-9H2,1H3,(H,17,18)(H,19,20). The number of hydrogen-bond donors (Lipinski definition) is 2. The molecule has 1 atom stereocenters. The fraction of sp³-hybridized carbons (Fsp3) is 0.467. The molecular weight excluding hydrogens is 261 g/mol. The van der Waals surface area contributed by atoms with E-state index in [2.05, 4.69) is 5.32 Å². The Bertz CT molecular complexity index is 526. The molecule has 0 spiro atoms. The van der Waals surface area contributed by atoms with Gasteiger partial charge in [0, 0.05) is 5.92 Å². The molecule has 1 saturated carbocycles. The van der Waals surface area contributed by atoms with Crippen LogP contribution in [0.4, 0.5) is 4.39 Å². The predicted molar refractivity (Wildman–Crippen MR) is 71.6 cm³/mol. The fourth-order valence-electron chi connectivity index (χ4n) is 2.08. The molecule has 2 rings (SSSR count). The Morgan fingerprint density at radius 3 is 2.60 bits per heavy atom. The summed E-state index contributed by atoms with van der Waals surface area (Å²) in [7, 11) is 0. The third-order valence-electron chi connectivity index (χ3n) is 3.77. The second-order valence-corrected chi connectivity index (χ2v) is 5.41. The monoisotopic (exact) mass is 279 g/mol. The smallest absolute Gasteiger partial charge is 0.329 e. The van der Waals surface area contributed by atoms with Gasteiger partial charge in [-0.1, -0.05) is 25.1 Å². The first-order valence-electron chi connectivity index (χ1n) is 6.73. The largest absolute Gasteiger partial charge is 0.480 e. The van der Waals surface area contributed by atoms with Crippen LogP contribution in [0.25, 0.3) is 0 Å². The molecule has 0 aromatic heterocycles. The van der Waals surface area contributed by atoms with Gasteiger partial charge in [0.1, 0.15) is 11.4 Å². The number of nitrogens with one attached hydrogen (secondary N) is 1. The molecule has 108 valence electrons. The number of carbonyl (C=O) groups excluding carboxylic acids is 1. The lowest BCUT2D eigenvalue weighted by Crippen LogP contribution is -2.45. The van der Waals surface area contributed by atoms with E-state index in [4.69, 9.17) is 5.11 Å². The van der Waals surface area contributed by atoms with E-state index in [1.807, 2.05) is 0 Å². The Balaban J connectivity index is 1.86. The van der Waals surface area contributed by atoms with Gasteiger partial charge in [-0.2, -0.15) is 0 Å². The first-order chi connectivity index (χ1) is 9.44. The third kappa shape index (κ3) is 3.15. The number of carbonyl (C=O) groups is 2. The van der Waals surface area contributed by atoms with Crippen molar-refractivity contribution < 1.29 is 19.1 Å². The van der Waals surface area contributed by atoms with Gasteiger partial charge < -0.3 is 10.4 Å². The molecule has 2 N–H and O–H groups in total. The van der Waals surface area contributed by atoms with E-state index in [0.29, 0.717) is 31.2 Å². The Morgan fingerprint density at radius 1 is 1.40 bits per heavy atom. The molecule has 0 bridgehead atoms. The fourth-order valence-corrected chi connectivity index (χ4v) is 2.08. The van der Waals surface area contributed by atoms with E-state index in [0.717, 1.165) is 0 Å². The molecule has 1 aromatic rings. The normalized spacial score (nSPS) is 17.3. The summed E-state index contributed by atoms with van der Waals surface area (Å²) in [6, 6.07) is 6.47. The van der Waals surface area contributed by atoms with E-state index in [1.54, 1.807) is 25.1 Å². The minimum atomic E-state index is -1.05. The van der Waals surface area contributed by atoms with Gasteiger partial charge in [-0.15, -0.1) is 0 Å². The summed E-state index contributed by atoms with van der Waals surface area (Å²) in [5.74, 6) is -1.87. The molecule has 0 heterocycles. The van der Waals surface area contributed by atoms with Gasteiger partial charge >= 0.3 is 5.97 Å². The molecule has 0 radical (unpaired) electrons. The molecule has 1 aromatic carbocycles. The minimum Gasteiger partial charge on any atom is -0.480 e.